The van der Waals surface area contributed by atoms with Crippen LogP contribution in [0.25, 0.3) is 17.1 Å². The van der Waals surface area contributed by atoms with E-state index in [1.165, 1.54) is 0 Å². The Kier molecular flexibility index (Phi) is 4.69. The first-order chi connectivity index (χ1) is 11.8. The lowest BCUT2D eigenvalue weighted by Gasteiger charge is -2.13. The quantitative estimate of drug-likeness (QED) is 0.763. The fraction of sp³-hybridized carbons (Fsp3) is 0.222. The van der Waals surface area contributed by atoms with Gasteiger partial charge in [-0.25, -0.2) is 22.8 Å². The molecule has 0 radical (unpaired) electrons. The fourth-order valence-electron chi connectivity index (χ4n) is 2.64. The summed E-state index contributed by atoms with van der Waals surface area (Å²) in [4.78, 5) is 4.60. The van der Waals surface area contributed by atoms with Crippen molar-refractivity contribution in [1.82, 2.24) is 19.5 Å². The van der Waals surface area contributed by atoms with Crippen LogP contribution in [-0.4, -0.2) is 29.4 Å². The van der Waals surface area contributed by atoms with Gasteiger partial charge in [-0.1, -0.05) is 42.5 Å². The molecule has 0 aliphatic rings. The normalized spacial score (nSPS) is 12.9. The zero-order chi connectivity index (χ0) is 18.0. The molecular formula is C18H20N4O2S. The van der Waals surface area contributed by atoms with Crippen molar-refractivity contribution in [2.24, 2.45) is 0 Å². The third kappa shape index (κ3) is 4.12. The monoisotopic (exact) mass is 356 g/mol. The summed E-state index contributed by atoms with van der Waals surface area (Å²) in [6.45, 7) is 3.75. The van der Waals surface area contributed by atoms with Crippen LogP contribution in [-0.2, 0) is 10.0 Å². The maximum Gasteiger partial charge on any atom is 0.209 e. The maximum atomic E-state index is 11.6. The fourth-order valence-corrected chi connectivity index (χ4v) is 3.39. The van der Waals surface area contributed by atoms with E-state index in [2.05, 4.69) is 14.8 Å². The minimum absolute atomic E-state index is 0.513. The molecular weight excluding hydrogens is 336 g/mol. The molecule has 1 aromatic heterocycles. The number of nitrogens with one attached hydrogen (secondary N) is 1. The van der Waals surface area contributed by atoms with E-state index in [9.17, 15) is 8.42 Å². The average molecular weight is 356 g/mol. The van der Waals surface area contributed by atoms with Gasteiger partial charge in [0.05, 0.1) is 18.0 Å². The molecule has 0 fully saturated rings. The van der Waals surface area contributed by atoms with Gasteiger partial charge in [-0.15, -0.1) is 5.10 Å². The Hall–Kier alpha value is -2.51. The Labute approximate surface area is 147 Å². The predicted octanol–water partition coefficient (Wildman–Crippen LogP) is 2.85. The molecule has 0 saturated carbocycles. The van der Waals surface area contributed by atoms with Crippen LogP contribution >= 0.6 is 0 Å². The zero-order valence-corrected chi connectivity index (χ0v) is 15.2. The molecule has 3 rings (SSSR count). The van der Waals surface area contributed by atoms with Gasteiger partial charge in [0.2, 0.25) is 10.0 Å². The molecule has 0 bridgehead atoms. The number of aryl methyl sites for hydroxylation is 1. The Balaban J connectivity index is 2.12. The minimum atomic E-state index is -3.37. The highest BCUT2D eigenvalue weighted by atomic mass is 32.2. The van der Waals surface area contributed by atoms with E-state index in [4.69, 9.17) is 0 Å². The van der Waals surface area contributed by atoms with Crippen LogP contribution in [0.1, 0.15) is 24.4 Å². The van der Waals surface area contributed by atoms with Gasteiger partial charge in [-0.05, 0) is 31.5 Å². The van der Waals surface area contributed by atoms with E-state index in [-0.39, 0.29) is 0 Å². The molecule has 1 heterocycles. The number of hydrogen-bond donors (Lipinski definition) is 1. The number of nitrogens with zero attached hydrogens (tertiary/aromatic N) is 3. The van der Waals surface area contributed by atoms with Gasteiger partial charge >= 0.3 is 0 Å². The lowest BCUT2D eigenvalue weighted by molar-refractivity contribution is 0.560. The Bertz CT molecular complexity index is 981. The van der Waals surface area contributed by atoms with Crippen LogP contribution in [0.4, 0.5) is 0 Å². The molecule has 0 amide bonds. The van der Waals surface area contributed by atoms with E-state index in [1.54, 1.807) is 11.6 Å². The average Bonchev–Trinajstić information content (AvgIpc) is 3.00. The van der Waals surface area contributed by atoms with Crippen molar-refractivity contribution in [2.75, 3.05) is 6.26 Å². The molecule has 1 N–H and O–H groups in total. The van der Waals surface area contributed by atoms with E-state index < -0.39 is 16.1 Å². The first kappa shape index (κ1) is 17.3. The van der Waals surface area contributed by atoms with E-state index in [1.807, 2.05) is 61.5 Å². The van der Waals surface area contributed by atoms with Gasteiger partial charge in [0.25, 0.3) is 0 Å². The number of benzene rings is 2. The predicted molar refractivity (Wildman–Crippen MR) is 97.9 cm³/mol. The summed E-state index contributed by atoms with van der Waals surface area (Å²) in [6.07, 6.45) is 1.13. The Morgan fingerprint density at radius 2 is 1.80 bits per heavy atom. The second-order valence-electron chi connectivity index (χ2n) is 6.02. The lowest BCUT2D eigenvalue weighted by atomic mass is 10.2. The van der Waals surface area contributed by atoms with Gasteiger partial charge in [-0.3, -0.25) is 0 Å². The van der Waals surface area contributed by atoms with E-state index in [0.29, 0.717) is 11.6 Å². The third-order valence-corrected chi connectivity index (χ3v) is 4.47. The molecule has 0 aliphatic carbocycles. The van der Waals surface area contributed by atoms with Crippen molar-refractivity contribution in [3.05, 3.63) is 66.0 Å². The van der Waals surface area contributed by atoms with Crippen molar-refractivity contribution in [2.45, 2.75) is 19.9 Å². The summed E-state index contributed by atoms with van der Waals surface area (Å²) >= 11 is 0. The summed E-state index contributed by atoms with van der Waals surface area (Å²) in [7, 11) is -3.37. The smallest absolute Gasteiger partial charge is 0.209 e. The van der Waals surface area contributed by atoms with Crippen molar-refractivity contribution in [3.8, 4) is 17.1 Å². The second kappa shape index (κ2) is 6.78. The summed E-state index contributed by atoms with van der Waals surface area (Å²) in [5, 5.41) is 4.61. The second-order valence-corrected chi connectivity index (χ2v) is 7.80. The first-order valence-corrected chi connectivity index (χ1v) is 9.79. The highest BCUT2D eigenvalue weighted by Crippen LogP contribution is 2.22. The van der Waals surface area contributed by atoms with E-state index >= 15 is 0 Å². The molecule has 0 unspecified atom stereocenters. The molecule has 0 saturated heterocycles. The first-order valence-electron chi connectivity index (χ1n) is 7.90. The number of rotatable bonds is 5. The molecule has 1 atom stereocenters. The molecule has 0 spiro atoms. The van der Waals surface area contributed by atoms with Crippen LogP contribution in [0.2, 0.25) is 0 Å². The third-order valence-electron chi connectivity index (χ3n) is 3.69. The SMILES string of the molecule is Cc1cccc(-n2nc(-c3ccccc3)nc2[C@H](C)NS(C)(=O)=O)c1. The van der Waals surface area contributed by atoms with Crippen LogP contribution in [0, 0.1) is 6.92 Å². The van der Waals surface area contributed by atoms with Gasteiger partial charge in [0.1, 0.15) is 0 Å². The van der Waals surface area contributed by atoms with Crippen LogP contribution in [0.15, 0.2) is 54.6 Å². The topological polar surface area (TPSA) is 76.9 Å². The van der Waals surface area contributed by atoms with E-state index in [0.717, 1.165) is 23.1 Å². The summed E-state index contributed by atoms with van der Waals surface area (Å²) in [6, 6.07) is 16.9. The largest absolute Gasteiger partial charge is 0.216 e. The van der Waals surface area contributed by atoms with Crippen LogP contribution in [0.5, 0.6) is 0 Å². The summed E-state index contributed by atoms with van der Waals surface area (Å²) in [5.41, 5.74) is 2.80. The Morgan fingerprint density at radius 1 is 1.08 bits per heavy atom. The molecule has 3 aromatic rings. The van der Waals surface area contributed by atoms with Crippen LogP contribution < -0.4 is 4.72 Å². The molecule has 0 aliphatic heterocycles. The molecule has 2 aromatic carbocycles. The standard InChI is InChI=1S/C18H20N4O2S/c1-13-8-7-11-16(12-13)22-18(14(2)21-25(3,23)24)19-17(20-22)15-9-5-4-6-10-15/h4-12,14,21H,1-3H3/t14-/m0/s1. The van der Waals surface area contributed by atoms with Gasteiger partial charge in [0.15, 0.2) is 11.6 Å². The van der Waals surface area contributed by atoms with Crippen molar-refractivity contribution < 1.29 is 8.42 Å². The molecule has 7 heteroatoms. The minimum Gasteiger partial charge on any atom is -0.216 e. The summed E-state index contributed by atoms with van der Waals surface area (Å²) < 4.78 is 27.5. The van der Waals surface area contributed by atoms with Crippen molar-refractivity contribution in [3.63, 3.8) is 0 Å². The number of hydrogen-bond acceptors (Lipinski definition) is 4. The number of sulfonamides is 1. The highest BCUT2D eigenvalue weighted by molar-refractivity contribution is 7.88. The lowest BCUT2D eigenvalue weighted by Crippen LogP contribution is -2.27. The van der Waals surface area contributed by atoms with Crippen molar-refractivity contribution in [1.29, 1.82) is 0 Å². The molecule has 130 valence electrons. The van der Waals surface area contributed by atoms with Gasteiger partial charge in [0, 0.05) is 5.56 Å². The van der Waals surface area contributed by atoms with Crippen molar-refractivity contribution >= 4 is 10.0 Å². The number of aromatic nitrogens is 3. The van der Waals surface area contributed by atoms with Gasteiger partial charge in [-0.2, -0.15) is 0 Å². The van der Waals surface area contributed by atoms with Gasteiger partial charge < -0.3 is 0 Å². The molecule has 6 nitrogen and oxygen atoms in total. The Morgan fingerprint density at radius 3 is 2.44 bits per heavy atom. The maximum absolute atomic E-state index is 11.6. The zero-order valence-electron chi connectivity index (χ0n) is 14.3. The van der Waals surface area contributed by atoms with Crippen LogP contribution in [0.3, 0.4) is 0 Å². The summed E-state index contributed by atoms with van der Waals surface area (Å²) in [5.74, 6) is 1.09. The highest BCUT2D eigenvalue weighted by Gasteiger charge is 2.21. The molecule has 25 heavy (non-hydrogen) atoms.